The van der Waals surface area contributed by atoms with E-state index in [1.807, 2.05) is 46.2 Å². The van der Waals surface area contributed by atoms with E-state index in [1.54, 1.807) is 4.90 Å². The Morgan fingerprint density at radius 1 is 0.913 bits per heavy atom. The van der Waals surface area contributed by atoms with Crippen LogP contribution < -0.4 is 16.4 Å². The van der Waals surface area contributed by atoms with Gasteiger partial charge in [0.25, 0.3) is 0 Å². The lowest BCUT2D eigenvalue weighted by molar-refractivity contribution is -0.135. The van der Waals surface area contributed by atoms with Gasteiger partial charge in [-0.2, -0.15) is 0 Å². The third kappa shape index (κ3) is 7.49. The Kier molecular flexibility index (Phi) is 10.4. The summed E-state index contributed by atoms with van der Waals surface area (Å²) >= 11 is 7.06. The topological polar surface area (TPSA) is 114 Å². The molecule has 0 aliphatic carbocycles. The van der Waals surface area contributed by atoms with Crippen LogP contribution in [0.15, 0.2) is 45.3 Å². The highest BCUT2D eigenvalue weighted by atomic mass is 79.9. The van der Waals surface area contributed by atoms with Crippen molar-refractivity contribution in [1.82, 2.24) is 24.9 Å². The molecule has 2 aromatic rings. The van der Waals surface area contributed by atoms with Crippen molar-refractivity contribution in [3.05, 3.63) is 56.5 Å². The van der Waals surface area contributed by atoms with Gasteiger partial charge in [-0.15, -0.1) is 0 Å². The first-order valence-corrected chi connectivity index (χ1v) is 18.2. The van der Waals surface area contributed by atoms with Crippen LogP contribution in [0.5, 0.6) is 0 Å². The van der Waals surface area contributed by atoms with Gasteiger partial charge in [-0.3, -0.25) is 4.79 Å². The van der Waals surface area contributed by atoms with Crippen molar-refractivity contribution in [1.29, 1.82) is 0 Å². The number of halogens is 2. The molecule has 5 amide bonds. The monoisotopic (exact) mass is 757 g/mol. The Balaban J connectivity index is 1.09. The van der Waals surface area contributed by atoms with Gasteiger partial charge in [-0.25, -0.2) is 9.59 Å². The van der Waals surface area contributed by atoms with E-state index in [0.717, 1.165) is 70.7 Å². The number of piperidine rings is 3. The Labute approximate surface area is 288 Å². The summed E-state index contributed by atoms with van der Waals surface area (Å²) in [5.41, 5.74) is 9.60. The summed E-state index contributed by atoms with van der Waals surface area (Å²) in [7, 11) is 2.19. The number of anilines is 2. The number of benzene rings is 2. The quantitative estimate of drug-likeness (QED) is 0.337. The normalized spacial score (nSPS) is 21.1. The highest BCUT2D eigenvalue weighted by Gasteiger charge is 2.36. The van der Waals surface area contributed by atoms with E-state index < -0.39 is 6.04 Å². The Morgan fingerprint density at radius 2 is 1.50 bits per heavy atom. The molecule has 0 saturated carbocycles. The van der Waals surface area contributed by atoms with Gasteiger partial charge < -0.3 is 36.0 Å². The number of urea groups is 2. The number of likely N-dealkylation sites (tertiary alicyclic amines) is 3. The van der Waals surface area contributed by atoms with Crippen LogP contribution in [0.4, 0.5) is 21.0 Å². The highest BCUT2D eigenvalue weighted by Crippen LogP contribution is 2.34. The number of hydrogen-bond acceptors (Lipinski definition) is 5. The summed E-state index contributed by atoms with van der Waals surface area (Å²) in [6, 6.07) is 10.7. The van der Waals surface area contributed by atoms with Gasteiger partial charge in [0.15, 0.2) is 0 Å². The fraction of sp³-hybridized carbons (Fsp3) is 0.559. The lowest BCUT2D eigenvalue weighted by atomic mass is 9.79. The van der Waals surface area contributed by atoms with Gasteiger partial charge in [0.2, 0.25) is 5.91 Å². The molecule has 4 heterocycles. The summed E-state index contributed by atoms with van der Waals surface area (Å²) in [4.78, 5) is 48.6. The second-order valence-corrected chi connectivity index (χ2v) is 15.1. The van der Waals surface area contributed by atoms with Crippen molar-refractivity contribution in [3.8, 4) is 0 Å². The molecular weight excluding hydrogens is 714 g/mol. The number of fused-ring (bicyclic) bond motifs is 1. The van der Waals surface area contributed by atoms with Crippen LogP contribution >= 0.6 is 31.9 Å². The van der Waals surface area contributed by atoms with Crippen molar-refractivity contribution < 1.29 is 14.4 Å². The Bertz CT molecular complexity index is 1410. The van der Waals surface area contributed by atoms with Crippen molar-refractivity contribution >= 4 is 61.2 Å². The number of nitrogens with one attached hydrogen (secondary N) is 2. The van der Waals surface area contributed by atoms with Crippen LogP contribution in [0.25, 0.3) is 0 Å². The SMILES string of the molecule is CN1CCC(C2CCN(C(=O)[C@@H](Cc3cc(Br)c(N)c(Br)c3)NC(=O)N3CCC(N4Cc5ccccc5NC4=O)CC3)CC2)CC1. The van der Waals surface area contributed by atoms with E-state index in [-0.39, 0.29) is 24.0 Å². The Morgan fingerprint density at radius 3 is 2.15 bits per heavy atom. The largest absolute Gasteiger partial charge is 0.397 e. The van der Waals surface area contributed by atoms with Gasteiger partial charge in [0, 0.05) is 59.8 Å². The van der Waals surface area contributed by atoms with Crippen molar-refractivity contribution in [2.45, 2.75) is 63.6 Å². The lowest BCUT2D eigenvalue weighted by Crippen LogP contribution is -2.57. The number of amides is 5. The summed E-state index contributed by atoms with van der Waals surface area (Å²) in [6.07, 6.45) is 6.24. The molecule has 46 heavy (non-hydrogen) atoms. The molecule has 0 bridgehead atoms. The molecule has 3 saturated heterocycles. The number of nitrogens with two attached hydrogens (primary N) is 1. The van der Waals surface area contributed by atoms with E-state index in [9.17, 15) is 14.4 Å². The minimum absolute atomic E-state index is 0.0298. The predicted molar refractivity (Wildman–Crippen MR) is 187 cm³/mol. The Hall–Kier alpha value is -2.83. The van der Waals surface area contributed by atoms with Gasteiger partial charge in [-0.1, -0.05) is 18.2 Å². The van der Waals surface area contributed by atoms with Crippen LogP contribution in [-0.2, 0) is 17.8 Å². The molecular formula is C34H45Br2N7O3. The number of carbonyl (C=O) groups is 3. The third-order valence-electron chi connectivity index (χ3n) is 10.5. The standard InChI is InChI=1S/C34H45Br2N7O3/c1-40-12-6-23(7-13-40)24-8-14-41(15-9-24)32(44)30(20-22-18-27(35)31(37)28(36)19-22)39-33(45)42-16-10-26(11-17-42)43-21-25-4-2-3-5-29(25)38-34(43)46/h2-5,18-19,23-24,26,30H,6-17,20-21,37H2,1H3,(H,38,46)(H,39,45)/t30-/m1/s1. The summed E-state index contributed by atoms with van der Waals surface area (Å²) in [6.45, 7) is 5.36. The number of para-hydroxylation sites is 1. The molecule has 0 spiro atoms. The molecule has 3 fully saturated rings. The van der Waals surface area contributed by atoms with Gasteiger partial charge in [0.05, 0.1) is 5.69 Å². The van der Waals surface area contributed by atoms with Crippen LogP contribution in [0.2, 0.25) is 0 Å². The average molecular weight is 760 g/mol. The maximum Gasteiger partial charge on any atom is 0.322 e. The zero-order chi connectivity index (χ0) is 32.4. The first-order valence-electron chi connectivity index (χ1n) is 16.6. The van der Waals surface area contributed by atoms with Crippen LogP contribution in [0, 0.1) is 11.8 Å². The molecule has 6 rings (SSSR count). The number of nitrogen functional groups attached to an aromatic ring is 1. The summed E-state index contributed by atoms with van der Waals surface area (Å²) in [5.74, 6) is 1.37. The van der Waals surface area contributed by atoms with Crippen LogP contribution in [-0.4, -0.2) is 96.0 Å². The third-order valence-corrected chi connectivity index (χ3v) is 11.8. The fourth-order valence-corrected chi connectivity index (χ4v) is 8.92. The van der Waals surface area contributed by atoms with Crippen molar-refractivity contribution in [2.24, 2.45) is 11.8 Å². The maximum absolute atomic E-state index is 14.1. The molecule has 4 aliphatic heterocycles. The zero-order valence-corrected chi connectivity index (χ0v) is 29.7. The summed E-state index contributed by atoms with van der Waals surface area (Å²) < 4.78 is 1.50. The molecule has 248 valence electrons. The van der Waals surface area contributed by atoms with E-state index >= 15 is 0 Å². The molecule has 0 aromatic heterocycles. The van der Waals surface area contributed by atoms with Gasteiger partial charge in [-0.05, 0) is 132 Å². The molecule has 2 aromatic carbocycles. The minimum Gasteiger partial charge on any atom is -0.397 e. The molecule has 12 heteroatoms. The van der Waals surface area contributed by atoms with Crippen molar-refractivity contribution in [2.75, 3.05) is 57.4 Å². The van der Waals surface area contributed by atoms with Gasteiger partial charge >= 0.3 is 12.1 Å². The average Bonchev–Trinajstić information content (AvgIpc) is 3.06. The first-order chi connectivity index (χ1) is 22.2. The number of carbonyl (C=O) groups excluding carboxylic acids is 3. The number of hydrogen-bond donors (Lipinski definition) is 3. The number of nitrogens with zero attached hydrogens (tertiary/aromatic N) is 4. The molecule has 1 atom stereocenters. The van der Waals surface area contributed by atoms with E-state index in [4.69, 9.17) is 5.73 Å². The van der Waals surface area contributed by atoms with E-state index in [0.29, 0.717) is 50.5 Å². The zero-order valence-electron chi connectivity index (χ0n) is 26.5. The summed E-state index contributed by atoms with van der Waals surface area (Å²) in [5, 5.41) is 6.12. The van der Waals surface area contributed by atoms with Gasteiger partial charge in [0.1, 0.15) is 6.04 Å². The fourth-order valence-electron chi connectivity index (χ4n) is 7.64. The maximum atomic E-state index is 14.1. The van der Waals surface area contributed by atoms with Crippen molar-refractivity contribution in [3.63, 3.8) is 0 Å². The minimum atomic E-state index is -0.697. The smallest absolute Gasteiger partial charge is 0.322 e. The predicted octanol–water partition coefficient (Wildman–Crippen LogP) is 5.51. The number of rotatable bonds is 6. The second kappa shape index (κ2) is 14.5. The second-order valence-electron chi connectivity index (χ2n) is 13.4. The van der Waals surface area contributed by atoms with E-state index in [1.165, 1.54) is 12.8 Å². The van der Waals surface area contributed by atoms with Crippen LogP contribution in [0.1, 0.15) is 49.7 Å². The molecule has 4 N–H and O–H groups in total. The van der Waals surface area contributed by atoms with Crippen LogP contribution in [0.3, 0.4) is 0 Å². The molecule has 10 nitrogen and oxygen atoms in total. The lowest BCUT2D eigenvalue weighted by Gasteiger charge is -2.41. The molecule has 0 radical (unpaired) electrons. The first kappa shape index (κ1) is 33.1. The van der Waals surface area contributed by atoms with E-state index in [2.05, 4.69) is 54.4 Å². The molecule has 0 unspecified atom stereocenters. The highest BCUT2D eigenvalue weighted by molar-refractivity contribution is 9.11. The molecule has 4 aliphatic rings.